The van der Waals surface area contributed by atoms with Crippen LogP contribution in [0.25, 0.3) is 0 Å². The fraction of sp³-hybridized carbons (Fsp3) is 0.750. The molecule has 1 rings (SSSR count). The number of aliphatic hydroxyl groups is 1. The lowest BCUT2D eigenvalue weighted by Crippen LogP contribution is -2.49. The molecular weight excluding hydrogens is 186 g/mol. The first-order chi connectivity index (χ1) is 6.61. The van der Waals surface area contributed by atoms with Gasteiger partial charge in [0.05, 0.1) is 12.6 Å². The first-order valence-corrected chi connectivity index (χ1v) is 4.54. The molecule has 0 saturated carbocycles. The highest BCUT2D eigenvalue weighted by Crippen LogP contribution is 2.23. The smallest absolute Gasteiger partial charge is 0.323 e. The Balaban J connectivity index is 2.68. The lowest BCUT2D eigenvalue weighted by Gasteiger charge is -2.23. The molecule has 80 valence electrons. The van der Waals surface area contributed by atoms with E-state index >= 15 is 0 Å². The average molecular weight is 201 g/mol. The molecule has 0 aromatic carbocycles. The first kappa shape index (κ1) is 10.9. The maximum absolute atomic E-state index is 11.4. The van der Waals surface area contributed by atoms with E-state index in [1.54, 1.807) is 5.43 Å². The summed E-state index contributed by atoms with van der Waals surface area (Å²) >= 11 is 0. The van der Waals surface area contributed by atoms with Crippen molar-refractivity contribution in [2.45, 2.75) is 19.4 Å². The second kappa shape index (κ2) is 4.39. The second-order valence-electron chi connectivity index (χ2n) is 3.49. The van der Waals surface area contributed by atoms with E-state index in [0.29, 0.717) is 6.54 Å². The summed E-state index contributed by atoms with van der Waals surface area (Å²) in [5.41, 5.74) is 1.79. The van der Waals surface area contributed by atoms with E-state index in [1.807, 2.05) is 6.92 Å². The van der Waals surface area contributed by atoms with Gasteiger partial charge in [-0.1, -0.05) is 6.92 Å². The van der Waals surface area contributed by atoms with Gasteiger partial charge in [0.15, 0.2) is 0 Å². The van der Waals surface area contributed by atoms with Crippen LogP contribution in [0.4, 0.5) is 0 Å². The molecule has 0 aromatic heterocycles. The van der Waals surface area contributed by atoms with Crippen LogP contribution in [0.2, 0.25) is 0 Å². The quantitative estimate of drug-likeness (QED) is 0.202. The molecule has 1 fully saturated rings. The van der Waals surface area contributed by atoms with Crippen LogP contribution in [0.5, 0.6) is 0 Å². The number of nitrogens with zero attached hydrogens (tertiary/aromatic N) is 1. The molecule has 6 heteroatoms. The minimum Gasteiger partial charge on any atom is -0.394 e. The summed E-state index contributed by atoms with van der Waals surface area (Å²) in [4.78, 5) is 23.7. The highest BCUT2D eigenvalue weighted by Gasteiger charge is 2.36. The summed E-state index contributed by atoms with van der Waals surface area (Å²) < 4.78 is 0. The molecule has 0 aliphatic carbocycles. The molecule has 0 radical (unpaired) electrons. The zero-order valence-electron chi connectivity index (χ0n) is 8.06. The molecule has 1 heterocycles. The Labute approximate surface area is 82.0 Å². The third-order valence-corrected chi connectivity index (χ3v) is 2.66. The molecule has 14 heavy (non-hydrogen) atoms. The SMILES string of the molecule is CC1CCN(C(=O)C(=O)NN)C1CO. The maximum Gasteiger partial charge on any atom is 0.323 e. The molecule has 4 N–H and O–H groups in total. The largest absolute Gasteiger partial charge is 0.394 e. The number of aliphatic hydroxyl groups excluding tert-OH is 1. The van der Waals surface area contributed by atoms with Gasteiger partial charge in [-0.05, 0) is 12.3 Å². The predicted octanol–water partition coefficient (Wildman–Crippen LogP) is -1.79. The molecule has 2 amide bonds. The minimum absolute atomic E-state index is 0.120. The highest BCUT2D eigenvalue weighted by atomic mass is 16.3. The Hall–Kier alpha value is -1.14. The second-order valence-corrected chi connectivity index (χ2v) is 3.49. The summed E-state index contributed by atoms with van der Waals surface area (Å²) in [6.07, 6.45) is 0.800. The zero-order chi connectivity index (χ0) is 10.7. The number of hydrazine groups is 1. The fourth-order valence-corrected chi connectivity index (χ4v) is 1.73. The number of amides is 2. The number of carbonyl (C=O) groups is 2. The van der Waals surface area contributed by atoms with Crippen LogP contribution in [-0.2, 0) is 9.59 Å². The van der Waals surface area contributed by atoms with Crippen LogP contribution >= 0.6 is 0 Å². The summed E-state index contributed by atoms with van der Waals surface area (Å²) in [6.45, 7) is 2.32. The van der Waals surface area contributed by atoms with Gasteiger partial charge in [-0.3, -0.25) is 15.0 Å². The molecule has 2 unspecified atom stereocenters. The lowest BCUT2D eigenvalue weighted by atomic mass is 10.0. The topological polar surface area (TPSA) is 95.7 Å². The van der Waals surface area contributed by atoms with E-state index in [2.05, 4.69) is 0 Å². The van der Waals surface area contributed by atoms with Gasteiger partial charge in [0.1, 0.15) is 0 Å². The van der Waals surface area contributed by atoms with Crippen molar-refractivity contribution < 1.29 is 14.7 Å². The fourth-order valence-electron chi connectivity index (χ4n) is 1.73. The van der Waals surface area contributed by atoms with Crippen molar-refractivity contribution >= 4 is 11.8 Å². The molecule has 0 aromatic rings. The Bertz CT molecular complexity index is 244. The van der Waals surface area contributed by atoms with Crippen LogP contribution in [0.3, 0.4) is 0 Å². The number of hydrogen-bond acceptors (Lipinski definition) is 4. The van der Waals surface area contributed by atoms with Crippen LogP contribution in [0.15, 0.2) is 0 Å². The van der Waals surface area contributed by atoms with Gasteiger partial charge in [-0.2, -0.15) is 0 Å². The lowest BCUT2D eigenvalue weighted by molar-refractivity contribution is -0.147. The normalized spacial score (nSPS) is 26.4. The third kappa shape index (κ3) is 1.85. The molecule has 2 atom stereocenters. The van der Waals surface area contributed by atoms with Crippen LogP contribution in [-0.4, -0.2) is 41.0 Å². The van der Waals surface area contributed by atoms with Gasteiger partial charge in [0.25, 0.3) is 0 Å². The molecular formula is C8H15N3O3. The number of carbonyl (C=O) groups excluding carboxylic acids is 2. The van der Waals surface area contributed by atoms with Crippen molar-refractivity contribution in [2.75, 3.05) is 13.2 Å². The maximum atomic E-state index is 11.4. The Kier molecular flexibility index (Phi) is 3.43. The summed E-state index contributed by atoms with van der Waals surface area (Å²) in [5, 5.41) is 9.05. The molecule has 0 spiro atoms. The van der Waals surface area contributed by atoms with Crippen LogP contribution in [0.1, 0.15) is 13.3 Å². The Morgan fingerprint density at radius 2 is 2.29 bits per heavy atom. The van der Waals surface area contributed by atoms with Crippen molar-refractivity contribution in [3.05, 3.63) is 0 Å². The van der Waals surface area contributed by atoms with Crippen LogP contribution < -0.4 is 11.3 Å². The van der Waals surface area contributed by atoms with Gasteiger partial charge >= 0.3 is 11.8 Å². The van der Waals surface area contributed by atoms with E-state index in [4.69, 9.17) is 10.9 Å². The third-order valence-electron chi connectivity index (χ3n) is 2.66. The van der Waals surface area contributed by atoms with E-state index in [9.17, 15) is 9.59 Å². The molecule has 1 aliphatic heterocycles. The van der Waals surface area contributed by atoms with Gasteiger partial charge in [-0.15, -0.1) is 0 Å². The average Bonchev–Trinajstić information content (AvgIpc) is 2.57. The summed E-state index contributed by atoms with van der Waals surface area (Å²) in [5.74, 6) is 3.56. The number of rotatable bonds is 1. The summed E-state index contributed by atoms with van der Waals surface area (Å²) in [7, 11) is 0. The molecule has 1 aliphatic rings. The number of nitrogens with one attached hydrogen (secondary N) is 1. The molecule has 0 bridgehead atoms. The standard InChI is InChI=1S/C8H15N3O3/c1-5-2-3-11(6(5)4-12)8(14)7(13)10-9/h5-6,12H,2-4,9H2,1H3,(H,10,13). The summed E-state index contributed by atoms with van der Waals surface area (Å²) in [6, 6.07) is -0.264. The minimum atomic E-state index is -0.836. The zero-order valence-corrected chi connectivity index (χ0v) is 8.06. The van der Waals surface area contributed by atoms with Gasteiger partial charge in [0.2, 0.25) is 0 Å². The first-order valence-electron chi connectivity index (χ1n) is 4.54. The van der Waals surface area contributed by atoms with Crippen molar-refractivity contribution in [1.29, 1.82) is 0 Å². The van der Waals surface area contributed by atoms with E-state index in [-0.39, 0.29) is 18.6 Å². The van der Waals surface area contributed by atoms with Gasteiger partial charge in [0, 0.05) is 6.54 Å². The van der Waals surface area contributed by atoms with E-state index < -0.39 is 11.8 Å². The Morgan fingerprint density at radius 3 is 2.79 bits per heavy atom. The number of likely N-dealkylation sites (tertiary alicyclic amines) is 1. The predicted molar refractivity (Wildman–Crippen MR) is 48.7 cm³/mol. The van der Waals surface area contributed by atoms with Crippen molar-refractivity contribution in [3.8, 4) is 0 Å². The van der Waals surface area contributed by atoms with Gasteiger partial charge < -0.3 is 10.0 Å². The van der Waals surface area contributed by atoms with Crippen molar-refractivity contribution in [2.24, 2.45) is 11.8 Å². The monoisotopic (exact) mass is 201 g/mol. The van der Waals surface area contributed by atoms with Crippen LogP contribution in [0, 0.1) is 5.92 Å². The van der Waals surface area contributed by atoms with E-state index in [1.165, 1.54) is 4.90 Å². The van der Waals surface area contributed by atoms with Crippen molar-refractivity contribution in [1.82, 2.24) is 10.3 Å². The van der Waals surface area contributed by atoms with Gasteiger partial charge in [-0.25, -0.2) is 5.84 Å². The highest BCUT2D eigenvalue weighted by molar-refractivity contribution is 6.34. The van der Waals surface area contributed by atoms with Crippen molar-refractivity contribution in [3.63, 3.8) is 0 Å². The molecule has 6 nitrogen and oxygen atoms in total. The van der Waals surface area contributed by atoms with E-state index in [0.717, 1.165) is 6.42 Å². The number of nitrogens with two attached hydrogens (primary N) is 1. The Morgan fingerprint density at radius 1 is 1.64 bits per heavy atom. The molecule has 1 saturated heterocycles. The number of hydrogen-bond donors (Lipinski definition) is 3.